The van der Waals surface area contributed by atoms with E-state index in [1.807, 2.05) is 0 Å². The van der Waals surface area contributed by atoms with E-state index in [-0.39, 0.29) is 0 Å². The van der Waals surface area contributed by atoms with Crippen LogP contribution in [0.2, 0.25) is 0 Å². The van der Waals surface area contributed by atoms with Gasteiger partial charge in [-0.25, -0.2) is 0 Å². The van der Waals surface area contributed by atoms with Crippen LogP contribution < -0.4 is 9.80 Å². The average Bonchev–Trinajstić information content (AvgIpc) is 3.19. The molecule has 1 saturated heterocycles. The zero-order chi connectivity index (χ0) is 16.9. The van der Waals surface area contributed by atoms with Crippen LogP contribution in [0.1, 0.15) is 5.56 Å². The minimum absolute atomic E-state index is 0.527. The molecule has 0 N–H and O–H groups in total. The van der Waals surface area contributed by atoms with Gasteiger partial charge in [0.2, 0.25) is 5.85 Å². The molecule has 0 aliphatic carbocycles. The first-order chi connectivity index (χ1) is 12.3. The Labute approximate surface area is 147 Å². The Balaban J connectivity index is 1.60. The first-order valence-corrected chi connectivity index (χ1v) is 8.71. The molecule has 3 aromatic carbocycles. The third-order valence-corrected chi connectivity index (χ3v) is 5.33. The summed E-state index contributed by atoms with van der Waals surface area (Å²) in [5.74, 6) is -0.527. The number of hydrogen-bond acceptors (Lipinski definition) is 3. The average molecular weight is 328 g/mol. The van der Waals surface area contributed by atoms with Gasteiger partial charge >= 0.3 is 0 Å². The molecule has 3 aromatic rings. The number of hydrogen-bond donors (Lipinski definition) is 0. The van der Waals surface area contributed by atoms with E-state index in [0.717, 1.165) is 13.2 Å². The highest BCUT2D eigenvalue weighted by Gasteiger charge is 2.50. The molecule has 1 unspecified atom stereocenters. The van der Waals surface area contributed by atoms with Crippen LogP contribution in [0.3, 0.4) is 0 Å². The lowest BCUT2D eigenvalue weighted by atomic mass is 10.0. The van der Waals surface area contributed by atoms with E-state index < -0.39 is 5.85 Å². The topological polar surface area (TPSA) is 15.7 Å². The summed E-state index contributed by atoms with van der Waals surface area (Å²) in [6.07, 6.45) is 4.39. The van der Waals surface area contributed by atoms with Gasteiger partial charge < -0.3 is 14.5 Å². The Morgan fingerprint density at radius 1 is 0.920 bits per heavy atom. The lowest BCUT2D eigenvalue weighted by molar-refractivity contribution is 0.0536. The van der Waals surface area contributed by atoms with Crippen molar-refractivity contribution < 1.29 is 4.74 Å². The zero-order valence-electron chi connectivity index (χ0n) is 14.2. The van der Waals surface area contributed by atoms with E-state index in [9.17, 15) is 0 Å². The van der Waals surface area contributed by atoms with Crippen molar-refractivity contribution >= 4 is 28.2 Å². The van der Waals surface area contributed by atoms with Crippen LogP contribution in [0.5, 0.6) is 0 Å². The van der Waals surface area contributed by atoms with Gasteiger partial charge in [-0.2, -0.15) is 0 Å². The van der Waals surface area contributed by atoms with Crippen molar-refractivity contribution in [1.82, 2.24) is 0 Å². The SMILES string of the molecule is CN1c2ccccc2N2CCOC12/C=C\c1cccc2ccccc12. The van der Waals surface area contributed by atoms with Crippen LogP contribution in [0.15, 0.2) is 72.8 Å². The Kier molecular flexibility index (Phi) is 3.12. The summed E-state index contributed by atoms with van der Waals surface area (Å²) in [7, 11) is 2.11. The molecule has 0 bridgehead atoms. The third kappa shape index (κ3) is 2.02. The Bertz CT molecular complexity index is 975. The monoisotopic (exact) mass is 328 g/mol. The number of fused-ring (bicyclic) bond motifs is 4. The Morgan fingerprint density at radius 3 is 2.60 bits per heavy atom. The van der Waals surface area contributed by atoms with Crippen LogP contribution in [0, 0.1) is 0 Å². The van der Waals surface area contributed by atoms with Gasteiger partial charge in [0.1, 0.15) is 0 Å². The van der Waals surface area contributed by atoms with Gasteiger partial charge in [0.15, 0.2) is 0 Å². The molecule has 0 spiro atoms. The second-order valence-corrected chi connectivity index (χ2v) is 6.61. The summed E-state index contributed by atoms with van der Waals surface area (Å²) in [6.45, 7) is 1.64. The van der Waals surface area contributed by atoms with E-state index in [1.165, 1.54) is 27.7 Å². The normalized spacial score (nSPS) is 22.0. The molecule has 2 heterocycles. The van der Waals surface area contributed by atoms with Gasteiger partial charge in [0.05, 0.1) is 18.0 Å². The molecule has 2 aliphatic heterocycles. The number of para-hydroxylation sites is 2. The summed E-state index contributed by atoms with van der Waals surface area (Å²) in [5, 5.41) is 2.52. The predicted molar refractivity (Wildman–Crippen MR) is 104 cm³/mol. The second kappa shape index (κ2) is 5.36. The standard InChI is InChI=1S/C22H20N2O/c1-23-20-11-4-5-12-21(20)24-15-16-25-22(23,24)14-13-18-9-6-8-17-7-2-3-10-19(17)18/h2-14H,15-16H2,1H3/b14-13-. The van der Waals surface area contributed by atoms with Crippen molar-refractivity contribution in [1.29, 1.82) is 0 Å². The molecular weight excluding hydrogens is 308 g/mol. The smallest absolute Gasteiger partial charge is 0.242 e. The summed E-state index contributed by atoms with van der Waals surface area (Å²) in [4.78, 5) is 4.58. The molecule has 0 aromatic heterocycles. The number of likely N-dealkylation sites (N-methyl/N-ethyl adjacent to an activating group) is 1. The Morgan fingerprint density at radius 2 is 1.68 bits per heavy atom. The van der Waals surface area contributed by atoms with Gasteiger partial charge in [-0.15, -0.1) is 0 Å². The maximum absolute atomic E-state index is 6.26. The fraction of sp³-hybridized carbons (Fsp3) is 0.182. The third-order valence-electron chi connectivity index (χ3n) is 5.33. The van der Waals surface area contributed by atoms with Crippen LogP contribution in [-0.2, 0) is 4.74 Å². The highest BCUT2D eigenvalue weighted by atomic mass is 16.5. The molecule has 0 saturated carbocycles. The minimum atomic E-state index is -0.527. The molecule has 1 fully saturated rings. The lowest BCUT2D eigenvalue weighted by Gasteiger charge is -2.35. The number of benzene rings is 3. The lowest BCUT2D eigenvalue weighted by Crippen LogP contribution is -2.51. The van der Waals surface area contributed by atoms with Crippen molar-refractivity contribution in [3.8, 4) is 0 Å². The zero-order valence-corrected chi connectivity index (χ0v) is 14.2. The quantitative estimate of drug-likeness (QED) is 0.689. The van der Waals surface area contributed by atoms with Gasteiger partial charge in [-0.1, -0.05) is 60.7 Å². The maximum atomic E-state index is 6.26. The Hall–Kier alpha value is -2.78. The summed E-state index contributed by atoms with van der Waals surface area (Å²) < 4.78 is 6.26. The fourth-order valence-electron chi connectivity index (χ4n) is 4.09. The molecule has 1 atom stereocenters. The highest BCUT2D eigenvalue weighted by Crippen LogP contribution is 2.47. The molecule has 0 amide bonds. The molecule has 3 heteroatoms. The van der Waals surface area contributed by atoms with Crippen LogP contribution in [0.25, 0.3) is 16.8 Å². The second-order valence-electron chi connectivity index (χ2n) is 6.61. The maximum Gasteiger partial charge on any atom is 0.242 e. The van der Waals surface area contributed by atoms with Crippen molar-refractivity contribution in [2.75, 3.05) is 30.0 Å². The van der Waals surface area contributed by atoms with E-state index >= 15 is 0 Å². The largest absolute Gasteiger partial charge is 0.333 e. The minimum Gasteiger partial charge on any atom is -0.333 e. The number of anilines is 2. The van der Waals surface area contributed by atoms with E-state index in [1.54, 1.807) is 0 Å². The fourth-order valence-corrected chi connectivity index (χ4v) is 4.09. The number of ether oxygens (including phenoxy) is 1. The van der Waals surface area contributed by atoms with Crippen LogP contribution >= 0.6 is 0 Å². The highest BCUT2D eigenvalue weighted by molar-refractivity contribution is 5.91. The molecule has 2 aliphatic rings. The van der Waals surface area contributed by atoms with Gasteiger partial charge in [0, 0.05) is 13.6 Å². The van der Waals surface area contributed by atoms with Crippen LogP contribution in [0.4, 0.5) is 11.4 Å². The van der Waals surface area contributed by atoms with Crippen molar-refractivity contribution in [2.45, 2.75) is 5.85 Å². The van der Waals surface area contributed by atoms with E-state index in [4.69, 9.17) is 4.74 Å². The van der Waals surface area contributed by atoms with Gasteiger partial charge in [0.25, 0.3) is 0 Å². The molecule has 5 rings (SSSR count). The van der Waals surface area contributed by atoms with Crippen LogP contribution in [-0.4, -0.2) is 26.0 Å². The molecule has 124 valence electrons. The molecular formula is C22H20N2O. The molecule has 25 heavy (non-hydrogen) atoms. The summed E-state index contributed by atoms with van der Waals surface area (Å²) in [5.41, 5.74) is 3.67. The van der Waals surface area contributed by atoms with Crippen molar-refractivity contribution in [3.63, 3.8) is 0 Å². The molecule has 3 nitrogen and oxygen atoms in total. The summed E-state index contributed by atoms with van der Waals surface area (Å²) in [6, 6.07) is 23.4. The van der Waals surface area contributed by atoms with E-state index in [2.05, 4.69) is 95.7 Å². The van der Waals surface area contributed by atoms with Crippen molar-refractivity contribution in [2.24, 2.45) is 0 Å². The van der Waals surface area contributed by atoms with Gasteiger partial charge in [-0.3, -0.25) is 0 Å². The number of rotatable bonds is 2. The number of nitrogens with zero attached hydrogens (tertiary/aromatic N) is 2. The molecule has 0 radical (unpaired) electrons. The van der Waals surface area contributed by atoms with Crippen molar-refractivity contribution in [3.05, 3.63) is 78.4 Å². The summed E-state index contributed by atoms with van der Waals surface area (Å²) >= 11 is 0. The van der Waals surface area contributed by atoms with Gasteiger partial charge in [-0.05, 0) is 34.5 Å². The first-order valence-electron chi connectivity index (χ1n) is 8.71. The van der Waals surface area contributed by atoms with E-state index in [0.29, 0.717) is 0 Å². The predicted octanol–water partition coefficient (Wildman–Crippen LogP) is 4.49. The first kappa shape index (κ1) is 14.6.